The minimum atomic E-state index is -3.15. The molecule has 1 aromatic carbocycles. The van der Waals surface area contributed by atoms with Crippen LogP contribution in [0.1, 0.15) is 12.2 Å². The first-order chi connectivity index (χ1) is 10.0. The molecule has 0 spiro atoms. The van der Waals surface area contributed by atoms with Gasteiger partial charge in [0.05, 0.1) is 28.7 Å². The summed E-state index contributed by atoms with van der Waals surface area (Å²) in [5.74, 6) is 0.422. The molecule has 0 aliphatic carbocycles. The van der Waals surface area contributed by atoms with Crippen LogP contribution in [0.4, 0.5) is 0 Å². The van der Waals surface area contributed by atoms with E-state index in [2.05, 4.69) is 21.6 Å². The number of rotatable bonds is 3. The van der Waals surface area contributed by atoms with E-state index in [0.717, 1.165) is 5.69 Å². The molecule has 3 rings (SSSR count). The number of nitriles is 1. The zero-order valence-electron chi connectivity index (χ0n) is 11.2. The molecule has 108 valence electrons. The van der Waals surface area contributed by atoms with Crippen LogP contribution in [0.2, 0.25) is 0 Å². The Labute approximate surface area is 122 Å². The molecule has 1 aromatic heterocycles. The minimum absolute atomic E-state index is 0.0491. The molecule has 0 saturated carbocycles. The highest BCUT2D eigenvalue weighted by Gasteiger charge is 2.44. The minimum Gasteiger partial charge on any atom is -0.229 e. The van der Waals surface area contributed by atoms with Gasteiger partial charge in [0.25, 0.3) is 0 Å². The zero-order chi connectivity index (χ0) is 14.9. The molecule has 0 N–H and O–H groups in total. The molecule has 2 aromatic rings. The van der Waals surface area contributed by atoms with E-state index in [1.165, 1.54) is 0 Å². The van der Waals surface area contributed by atoms with Gasteiger partial charge in [-0.3, -0.25) is 0 Å². The summed E-state index contributed by atoms with van der Waals surface area (Å²) in [6, 6.07) is 11.5. The van der Waals surface area contributed by atoms with Crippen molar-refractivity contribution < 1.29 is 8.42 Å². The Bertz CT molecular complexity index is 793. The third kappa shape index (κ3) is 2.64. The molecule has 0 radical (unpaired) electrons. The Hall–Kier alpha value is -2.27. The number of sulfone groups is 1. The van der Waals surface area contributed by atoms with E-state index in [1.807, 2.05) is 30.3 Å². The van der Waals surface area contributed by atoms with Crippen LogP contribution in [0.15, 0.2) is 30.3 Å². The van der Waals surface area contributed by atoms with Gasteiger partial charge in [0, 0.05) is 6.42 Å². The van der Waals surface area contributed by atoms with Crippen molar-refractivity contribution in [1.82, 2.24) is 20.2 Å². The maximum Gasteiger partial charge on any atom is 0.158 e. The standard InChI is InChI=1S/C13H13N5O2S/c14-9-13(6-7-21(19,20)10-13)8-12-15-16-17-18(12)11-4-2-1-3-5-11/h1-5H,6-8,10H2. The lowest BCUT2D eigenvalue weighted by molar-refractivity contribution is 0.434. The van der Waals surface area contributed by atoms with E-state index in [9.17, 15) is 13.7 Å². The Balaban J connectivity index is 1.94. The molecule has 21 heavy (non-hydrogen) atoms. The second-order valence-corrected chi connectivity index (χ2v) is 7.44. The average molecular weight is 303 g/mol. The van der Waals surface area contributed by atoms with Gasteiger partial charge in [0.2, 0.25) is 0 Å². The van der Waals surface area contributed by atoms with E-state index in [-0.39, 0.29) is 17.9 Å². The lowest BCUT2D eigenvalue weighted by atomic mass is 9.85. The first-order valence-corrected chi connectivity index (χ1v) is 8.30. The summed E-state index contributed by atoms with van der Waals surface area (Å²) in [6.45, 7) is 0. The lowest BCUT2D eigenvalue weighted by Crippen LogP contribution is -2.25. The third-order valence-electron chi connectivity index (χ3n) is 3.66. The highest BCUT2D eigenvalue weighted by Crippen LogP contribution is 2.34. The number of nitrogens with zero attached hydrogens (tertiary/aromatic N) is 5. The van der Waals surface area contributed by atoms with Crippen molar-refractivity contribution in [1.29, 1.82) is 5.26 Å². The number of aromatic nitrogens is 4. The summed E-state index contributed by atoms with van der Waals surface area (Å²) in [5.41, 5.74) is -0.147. The fourth-order valence-electron chi connectivity index (χ4n) is 2.57. The quantitative estimate of drug-likeness (QED) is 0.820. The normalized spacial score (nSPS) is 23.8. The lowest BCUT2D eigenvalue weighted by Gasteiger charge is -2.17. The van der Waals surface area contributed by atoms with Gasteiger partial charge in [0.1, 0.15) is 0 Å². The summed E-state index contributed by atoms with van der Waals surface area (Å²) >= 11 is 0. The van der Waals surface area contributed by atoms with Gasteiger partial charge < -0.3 is 0 Å². The van der Waals surface area contributed by atoms with Crippen LogP contribution >= 0.6 is 0 Å². The number of para-hydroxylation sites is 1. The molecular formula is C13H13N5O2S. The summed E-state index contributed by atoms with van der Waals surface area (Å²) in [6.07, 6.45) is 0.554. The van der Waals surface area contributed by atoms with Gasteiger partial charge >= 0.3 is 0 Å². The van der Waals surface area contributed by atoms with Gasteiger partial charge in [-0.05, 0) is 29.0 Å². The van der Waals surface area contributed by atoms with Gasteiger partial charge in [-0.1, -0.05) is 18.2 Å². The van der Waals surface area contributed by atoms with Crippen LogP contribution in [0, 0.1) is 16.7 Å². The van der Waals surface area contributed by atoms with Crippen LogP contribution in [-0.2, 0) is 16.3 Å². The number of hydrogen-bond acceptors (Lipinski definition) is 6. The molecule has 1 atom stereocenters. The summed E-state index contributed by atoms with van der Waals surface area (Å²) < 4.78 is 24.9. The molecule has 1 unspecified atom stereocenters. The van der Waals surface area contributed by atoms with Crippen molar-refractivity contribution in [3.63, 3.8) is 0 Å². The molecule has 1 aliphatic rings. The van der Waals surface area contributed by atoms with Crippen molar-refractivity contribution in [2.45, 2.75) is 12.8 Å². The zero-order valence-corrected chi connectivity index (χ0v) is 12.0. The third-order valence-corrected chi connectivity index (χ3v) is 5.47. The molecule has 2 heterocycles. The summed E-state index contributed by atoms with van der Waals surface area (Å²) in [5, 5.41) is 20.9. The highest BCUT2D eigenvalue weighted by atomic mass is 32.2. The van der Waals surface area contributed by atoms with E-state index in [1.54, 1.807) is 4.68 Å². The average Bonchev–Trinajstić information content (AvgIpc) is 3.05. The summed E-state index contributed by atoms with van der Waals surface area (Å²) in [4.78, 5) is 0. The van der Waals surface area contributed by atoms with Crippen LogP contribution < -0.4 is 0 Å². The topological polar surface area (TPSA) is 102 Å². The van der Waals surface area contributed by atoms with Crippen molar-refractivity contribution in [3.05, 3.63) is 36.2 Å². The number of hydrogen-bond donors (Lipinski definition) is 0. The first kappa shape index (κ1) is 13.7. The molecule has 1 saturated heterocycles. The van der Waals surface area contributed by atoms with Crippen molar-refractivity contribution >= 4 is 9.84 Å². The molecule has 1 aliphatic heterocycles. The van der Waals surface area contributed by atoms with Crippen LogP contribution in [-0.4, -0.2) is 40.1 Å². The van der Waals surface area contributed by atoms with E-state index in [4.69, 9.17) is 0 Å². The maximum atomic E-state index is 11.7. The van der Waals surface area contributed by atoms with Gasteiger partial charge in [-0.15, -0.1) is 5.10 Å². The Morgan fingerprint density at radius 2 is 2.10 bits per heavy atom. The van der Waals surface area contributed by atoms with E-state index < -0.39 is 15.3 Å². The van der Waals surface area contributed by atoms with Gasteiger partial charge in [0.15, 0.2) is 15.7 Å². The van der Waals surface area contributed by atoms with Crippen LogP contribution in [0.25, 0.3) is 5.69 Å². The predicted molar refractivity (Wildman–Crippen MR) is 74.2 cm³/mol. The van der Waals surface area contributed by atoms with Crippen molar-refractivity contribution in [2.24, 2.45) is 5.41 Å². The second kappa shape index (κ2) is 4.93. The number of tetrazole rings is 1. The van der Waals surface area contributed by atoms with E-state index >= 15 is 0 Å². The monoisotopic (exact) mass is 303 g/mol. The highest BCUT2D eigenvalue weighted by molar-refractivity contribution is 7.91. The maximum absolute atomic E-state index is 11.7. The van der Waals surface area contributed by atoms with Crippen molar-refractivity contribution in [3.8, 4) is 11.8 Å². The van der Waals surface area contributed by atoms with Crippen LogP contribution in [0.3, 0.4) is 0 Å². The molecule has 0 amide bonds. The largest absolute Gasteiger partial charge is 0.229 e. The molecular weight excluding hydrogens is 290 g/mol. The molecule has 0 bridgehead atoms. The van der Waals surface area contributed by atoms with Gasteiger partial charge in [-0.2, -0.15) is 9.94 Å². The predicted octanol–water partition coefficient (Wildman–Crippen LogP) is 0.533. The first-order valence-electron chi connectivity index (χ1n) is 6.48. The van der Waals surface area contributed by atoms with E-state index in [0.29, 0.717) is 12.2 Å². The smallest absolute Gasteiger partial charge is 0.158 e. The molecule has 1 fully saturated rings. The fraction of sp³-hybridized carbons (Fsp3) is 0.385. The van der Waals surface area contributed by atoms with Gasteiger partial charge in [-0.25, -0.2) is 8.42 Å². The molecule has 7 nitrogen and oxygen atoms in total. The number of benzene rings is 1. The Morgan fingerprint density at radius 1 is 1.33 bits per heavy atom. The van der Waals surface area contributed by atoms with Crippen LogP contribution in [0.5, 0.6) is 0 Å². The fourth-order valence-corrected chi connectivity index (χ4v) is 4.57. The molecule has 8 heteroatoms. The van der Waals surface area contributed by atoms with Crippen molar-refractivity contribution in [2.75, 3.05) is 11.5 Å². The Morgan fingerprint density at radius 3 is 2.71 bits per heavy atom. The Kier molecular flexibility index (Phi) is 3.22. The summed E-state index contributed by atoms with van der Waals surface area (Å²) in [7, 11) is -3.15. The SMILES string of the molecule is N#CC1(Cc2nnnn2-c2ccccc2)CCS(=O)(=O)C1. The second-order valence-electron chi connectivity index (χ2n) is 5.25.